The molecule has 5 nitrogen and oxygen atoms in total. The highest BCUT2D eigenvalue weighted by atomic mass is 19.1. The first-order valence-electron chi connectivity index (χ1n) is 8.18. The van der Waals surface area contributed by atoms with Crippen LogP contribution in [-0.4, -0.2) is 39.0 Å². The molecular weight excluding hydrogens is 309 g/mol. The van der Waals surface area contributed by atoms with Gasteiger partial charge in [-0.25, -0.2) is 13.9 Å². The van der Waals surface area contributed by atoms with E-state index in [1.54, 1.807) is 6.07 Å². The standard InChI is InChI=1S/C18H20FN3O2/c1-11-3-4-14(19)6-16(11)22-12(2)5-15(20-22)13-7-18(8-13)9-21(10-18)17(23)24/h3-6,13H,7-10H2,1-2H3,(H,23,24). The number of amides is 1. The quantitative estimate of drug-likeness (QED) is 0.917. The van der Waals surface area contributed by atoms with Gasteiger partial charge in [0.25, 0.3) is 0 Å². The molecule has 1 N–H and O–H groups in total. The van der Waals surface area contributed by atoms with Crippen LogP contribution in [0.5, 0.6) is 0 Å². The third-order valence-corrected chi connectivity index (χ3v) is 5.41. The van der Waals surface area contributed by atoms with Gasteiger partial charge in [0.2, 0.25) is 0 Å². The number of aryl methyl sites for hydroxylation is 2. The van der Waals surface area contributed by atoms with E-state index in [1.165, 1.54) is 17.0 Å². The number of carboxylic acid groups (broad SMARTS) is 1. The van der Waals surface area contributed by atoms with Crippen molar-refractivity contribution in [3.8, 4) is 5.69 Å². The molecule has 126 valence electrons. The van der Waals surface area contributed by atoms with E-state index in [0.717, 1.165) is 35.5 Å². The molecule has 0 unspecified atom stereocenters. The fraction of sp³-hybridized carbons (Fsp3) is 0.444. The number of hydrogen-bond acceptors (Lipinski definition) is 2. The molecule has 1 aromatic carbocycles. The Morgan fingerprint density at radius 2 is 2.00 bits per heavy atom. The molecule has 2 heterocycles. The van der Waals surface area contributed by atoms with Crippen molar-refractivity contribution in [2.45, 2.75) is 32.6 Å². The average Bonchev–Trinajstić information content (AvgIpc) is 2.80. The molecule has 1 aliphatic heterocycles. The summed E-state index contributed by atoms with van der Waals surface area (Å²) >= 11 is 0. The molecule has 24 heavy (non-hydrogen) atoms. The van der Waals surface area contributed by atoms with Crippen molar-refractivity contribution in [1.29, 1.82) is 0 Å². The van der Waals surface area contributed by atoms with Crippen LogP contribution in [0.2, 0.25) is 0 Å². The molecule has 1 amide bonds. The third kappa shape index (κ3) is 2.28. The van der Waals surface area contributed by atoms with E-state index >= 15 is 0 Å². The highest BCUT2D eigenvalue weighted by molar-refractivity contribution is 5.66. The highest BCUT2D eigenvalue weighted by Gasteiger charge is 2.54. The third-order valence-electron chi connectivity index (χ3n) is 5.41. The Kier molecular flexibility index (Phi) is 3.20. The number of nitrogens with zero attached hydrogens (tertiary/aromatic N) is 3. The summed E-state index contributed by atoms with van der Waals surface area (Å²) in [4.78, 5) is 12.4. The van der Waals surface area contributed by atoms with Crippen LogP contribution in [0, 0.1) is 25.1 Å². The number of benzene rings is 1. The fourth-order valence-electron chi connectivity index (χ4n) is 4.10. The predicted molar refractivity (Wildman–Crippen MR) is 87.0 cm³/mol. The lowest BCUT2D eigenvalue weighted by Gasteiger charge is -2.57. The van der Waals surface area contributed by atoms with Crippen molar-refractivity contribution >= 4 is 6.09 Å². The van der Waals surface area contributed by atoms with Crippen LogP contribution < -0.4 is 0 Å². The van der Waals surface area contributed by atoms with E-state index in [0.29, 0.717) is 19.0 Å². The first kappa shape index (κ1) is 15.2. The van der Waals surface area contributed by atoms with Crippen LogP contribution in [0.25, 0.3) is 5.69 Å². The second-order valence-corrected chi connectivity index (χ2v) is 7.30. The Labute approximate surface area is 139 Å². The number of aromatic nitrogens is 2. The molecule has 1 aromatic heterocycles. The molecule has 0 atom stereocenters. The Bertz CT molecular complexity index is 816. The lowest BCUT2D eigenvalue weighted by molar-refractivity contribution is -0.0592. The van der Waals surface area contributed by atoms with E-state index < -0.39 is 6.09 Å². The topological polar surface area (TPSA) is 58.4 Å². The summed E-state index contributed by atoms with van der Waals surface area (Å²) in [5.74, 6) is 0.104. The molecule has 2 aromatic rings. The van der Waals surface area contributed by atoms with E-state index in [-0.39, 0.29) is 11.2 Å². The first-order valence-corrected chi connectivity index (χ1v) is 8.18. The molecule has 2 aliphatic rings. The zero-order valence-corrected chi connectivity index (χ0v) is 13.8. The van der Waals surface area contributed by atoms with Gasteiger partial charge in [-0.2, -0.15) is 5.10 Å². The van der Waals surface area contributed by atoms with Crippen LogP contribution in [0.15, 0.2) is 24.3 Å². The molecular formula is C18H20FN3O2. The zero-order chi connectivity index (χ0) is 17.1. The fourth-order valence-corrected chi connectivity index (χ4v) is 4.10. The van der Waals surface area contributed by atoms with Gasteiger partial charge in [-0.3, -0.25) is 0 Å². The van der Waals surface area contributed by atoms with Gasteiger partial charge in [-0.05, 0) is 50.5 Å². The number of hydrogen-bond donors (Lipinski definition) is 1. The zero-order valence-electron chi connectivity index (χ0n) is 13.8. The summed E-state index contributed by atoms with van der Waals surface area (Å²) in [5, 5.41) is 13.7. The van der Waals surface area contributed by atoms with Crippen LogP contribution in [0.1, 0.15) is 35.7 Å². The largest absolute Gasteiger partial charge is 0.465 e. The molecule has 2 fully saturated rings. The number of rotatable bonds is 2. The SMILES string of the molecule is Cc1ccc(F)cc1-n1nc(C2CC3(C2)CN(C(=O)O)C3)cc1C. The smallest absolute Gasteiger partial charge is 0.407 e. The number of halogens is 1. The summed E-state index contributed by atoms with van der Waals surface area (Å²) in [7, 11) is 0. The van der Waals surface area contributed by atoms with E-state index in [9.17, 15) is 9.18 Å². The normalized spacial score (nSPS) is 19.2. The Hall–Kier alpha value is -2.37. The van der Waals surface area contributed by atoms with Crippen LogP contribution >= 0.6 is 0 Å². The Morgan fingerprint density at radius 3 is 2.67 bits per heavy atom. The molecule has 1 saturated carbocycles. The van der Waals surface area contributed by atoms with Gasteiger partial charge in [0.05, 0.1) is 11.4 Å². The second kappa shape index (κ2) is 5.06. The molecule has 6 heteroatoms. The molecule has 0 radical (unpaired) electrons. The van der Waals surface area contributed by atoms with Gasteiger partial charge in [0.15, 0.2) is 0 Å². The highest BCUT2D eigenvalue weighted by Crippen LogP contribution is 2.55. The van der Waals surface area contributed by atoms with Gasteiger partial charge >= 0.3 is 6.09 Å². The summed E-state index contributed by atoms with van der Waals surface area (Å²) in [5.41, 5.74) is 3.93. The summed E-state index contributed by atoms with van der Waals surface area (Å²) in [6, 6.07) is 6.80. The van der Waals surface area contributed by atoms with Gasteiger partial charge in [0, 0.05) is 30.1 Å². The van der Waals surface area contributed by atoms with Crippen molar-refractivity contribution in [1.82, 2.24) is 14.7 Å². The second-order valence-electron chi connectivity index (χ2n) is 7.30. The molecule has 1 saturated heterocycles. The maximum Gasteiger partial charge on any atom is 0.407 e. The van der Waals surface area contributed by atoms with Crippen LogP contribution in [-0.2, 0) is 0 Å². The molecule has 0 bridgehead atoms. The monoisotopic (exact) mass is 329 g/mol. The van der Waals surface area contributed by atoms with Crippen molar-refractivity contribution in [3.05, 3.63) is 47.0 Å². The van der Waals surface area contributed by atoms with Crippen molar-refractivity contribution in [2.75, 3.05) is 13.1 Å². The van der Waals surface area contributed by atoms with E-state index in [2.05, 4.69) is 6.07 Å². The van der Waals surface area contributed by atoms with Crippen molar-refractivity contribution < 1.29 is 14.3 Å². The van der Waals surface area contributed by atoms with Crippen molar-refractivity contribution in [2.24, 2.45) is 5.41 Å². The van der Waals surface area contributed by atoms with Crippen molar-refractivity contribution in [3.63, 3.8) is 0 Å². The summed E-state index contributed by atoms with van der Waals surface area (Å²) in [6.07, 6.45) is 1.14. The maximum absolute atomic E-state index is 13.6. The minimum absolute atomic E-state index is 0.162. The number of carbonyl (C=O) groups is 1. The van der Waals surface area contributed by atoms with Gasteiger partial charge < -0.3 is 10.0 Å². The minimum Gasteiger partial charge on any atom is -0.465 e. The maximum atomic E-state index is 13.6. The van der Waals surface area contributed by atoms with Crippen LogP contribution in [0.3, 0.4) is 0 Å². The summed E-state index contributed by atoms with van der Waals surface area (Å²) < 4.78 is 15.4. The average molecular weight is 329 g/mol. The lowest BCUT2D eigenvalue weighted by atomic mass is 9.57. The van der Waals surface area contributed by atoms with E-state index in [4.69, 9.17) is 10.2 Å². The number of likely N-dealkylation sites (tertiary alicyclic amines) is 1. The van der Waals surface area contributed by atoms with Gasteiger partial charge in [-0.15, -0.1) is 0 Å². The first-order chi connectivity index (χ1) is 11.4. The predicted octanol–water partition coefficient (Wildman–Crippen LogP) is 3.49. The molecule has 1 spiro atoms. The lowest BCUT2D eigenvalue weighted by Crippen LogP contribution is -2.62. The van der Waals surface area contributed by atoms with E-state index in [1.807, 2.05) is 18.5 Å². The Balaban J connectivity index is 1.52. The van der Waals surface area contributed by atoms with Crippen LogP contribution in [0.4, 0.5) is 9.18 Å². The Morgan fingerprint density at radius 1 is 1.29 bits per heavy atom. The van der Waals surface area contributed by atoms with Gasteiger partial charge in [0.1, 0.15) is 5.82 Å². The minimum atomic E-state index is -0.828. The van der Waals surface area contributed by atoms with Gasteiger partial charge in [-0.1, -0.05) is 6.07 Å². The molecule has 1 aliphatic carbocycles. The molecule has 4 rings (SSSR count). The summed E-state index contributed by atoms with van der Waals surface area (Å²) in [6.45, 7) is 5.20.